The highest BCUT2D eigenvalue weighted by Crippen LogP contribution is 2.18. The Bertz CT molecular complexity index is 745. The summed E-state index contributed by atoms with van der Waals surface area (Å²) in [5, 5.41) is 2.57. The molecule has 8 heteroatoms. The molecule has 0 bridgehead atoms. The number of fused-ring (bicyclic) bond motifs is 1. The van der Waals surface area contributed by atoms with Gasteiger partial charge in [-0.3, -0.25) is 9.59 Å². The summed E-state index contributed by atoms with van der Waals surface area (Å²) in [6.07, 6.45) is 3.91. The van der Waals surface area contributed by atoms with Crippen molar-refractivity contribution in [3.8, 4) is 5.88 Å². The number of ether oxygens (including phenoxy) is 1. The van der Waals surface area contributed by atoms with Crippen LogP contribution in [0.5, 0.6) is 5.88 Å². The molecule has 0 unspecified atom stereocenters. The molecule has 0 radical (unpaired) electrons. The van der Waals surface area contributed by atoms with E-state index in [0.29, 0.717) is 43.2 Å². The minimum Gasteiger partial charge on any atom is -0.480 e. The zero-order valence-corrected chi connectivity index (χ0v) is 13.7. The second-order valence-corrected chi connectivity index (χ2v) is 5.42. The van der Waals surface area contributed by atoms with E-state index in [-0.39, 0.29) is 11.8 Å². The highest BCUT2D eigenvalue weighted by Gasteiger charge is 2.24. The number of rotatable bonds is 3. The number of amides is 2. The molecule has 0 saturated carbocycles. The van der Waals surface area contributed by atoms with Crippen molar-refractivity contribution in [1.29, 1.82) is 0 Å². The monoisotopic (exact) mass is 329 g/mol. The minimum atomic E-state index is -0.205. The van der Waals surface area contributed by atoms with Gasteiger partial charge in [-0.1, -0.05) is 0 Å². The molecule has 8 nitrogen and oxygen atoms in total. The maximum absolute atomic E-state index is 12.7. The average molecular weight is 329 g/mol. The van der Waals surface area contributed by atoms with Crippen molar-refractivity contribution in [2.45, 2.75) is 13.0 Å². The van der Waals surface area contributed by atoms with Gasteiger partial charge in [-0.2, -0.15) is 0 Å². The van der Waals surface area contributed by atoms with Crippen LogP contribution in [0.25, 0.3) is 0 Å². The van der Waals surface area contributed by atoms with Crippen LogP contribution in [0.4, 0.5) is 0 Å². The molecule has 0 atom stereocenters. The highest BCUT2D eigenvalue weighted by molar-refractivity contribution is 5.96. The number of hydrogen-bond acceptors (Lipinski definition) is 5. The summed E-state index contributed by atoms with van der Waals surface area (Å²) in [5.41, 5.74) is 0.854. The van der Waals surface area contributed by atoms with E-state index in [9.17, 15) is 9.59 Å². The van der Waals surface area contributed by atoms with Gasteiger partial charge in [0.25, 0.3) is 11.8 Å². The molecular formula is C16H19N5O3. The zero-order chi connectivity index (χ0) is 17.1. The minimum absolute atomic E-state index is 0.114. The third-order valence-corrected chi connectivity index (χ3v) is 4.02. The second-order valence-electron chi connectivity index (χ2n) is 5.42. The molecule has 0 fully saturated rings. The molecule has 0 saturated heterocycles. The van der Waals surface area contributed by atoms with Crippen LogP contribution >= 0.6 is 0 Å². The maximum atomic E-state index is 12.7. The van der Waals surface area contributed by atoms with E-state index in [4.69, 9.17) is 4.74 Å². The predicted molar refractivity (Wildman–Crippen MR) is 86.0 cm³/mol. The van der Waals surface area contributed by atoms with Crippen molar-refractivity contribution in [3.63, 3.8) is 0 Å². The molecule has 3 rings (SSSR count). The van der Waals surface area contributed by atoms with E-state index in [1.807, 2.05) is 4.57 Å². The number of pyridine rings is 1. The number of hydrogen-bond donors (Lipinski definition) is 1. The molecule has 2 aromatic rings. The van der Waals surface area contributed by atoms with Gasteiger partial charge in [0.2, 0.25) is 5.88 Å². The summed E-state index contributed by atoms with van der Waals surface area (Å²) in [6.45, 7) is 1.65. The van der Waals surface area contributed by atoms with Crippen LogP contribution in [0.3, 0.4) is 0 Å². The van der Waals surface area contributed by atoms with Gasteiger partial charge < -0.3 is 19.5 Å². The van der Waals surface area contributed by atoms with Crippen LogP contribution in [0.2, 0.25) is 0 Å². The lowest BCUT2D eigenvalue weighted by molar-refractivity contribution is 0.0754. The number of carbonyl (C=O) groups is 2. The molecule has 1 N–H and O–H groups in total. The second kappa shape index (κ2) is 6.69. The highest BCUT2D eigenvalue weighted by atomic mass is 16.5. The van der Waals surface area contributed by atoms with Crippen molar-refractivity contribution in [1.82, 2.24) is 24.8 Å². The maximum Gasteiger partial charge on any atom is 0.271 e. The van der Waals surface area contributed by atoms with Gasteiger partial charge in [-0.05, 0) is 12.1 Å². The van der Waals surface area contributed by atoms with Crippen molar-refractivity contribution in [2.24, 2.45) is 0 Å². The quantitative estimate of drug-likeness (QED) is 0.877. The largest absolute Gasteiger partial charge is 0.480 e. The van der Waals surface area contributed by atoms with Crippen LogP contribution < -0.4 is 10.1 Å². The molecule has 3 heterocycles. The van der Waals surface area contributed by atoms with Crippen LogP contribution in [-0.4, -0.2) is 58.5 Å². The summed E-state index contributed by atoms with van der Waals surface area (Å²) >= 11 is 0. The Kier molecular flexibility index (Phi) is 4.45. The fourth-order valence-corrected chi connectivity index (χ4v) is 2.75. The Morgan fingerprint density at radius 1 is 1.29 bits per heavy atom. The molecule has 2 amide bonds. The molecule has 1 aliphatic rings. The lowest BCUT2D eigenvalue weighted by Gasteiger charge is -2.20. The van der Waals surface area contributed by atoms with E-state index in [1.54, 1.807) is 36.5 Å². The third-order valence-electron chi connectivity index (χ3n) is 4.02. The number of imidazole rings is 1. The fourth-order valence-electron chi connectivity index (χ4n) is 2.75. The molecular weight excluding hydrogens is 310 g/mol. The van der Waals surface area contributed by atoms with Crippen molar-refractivity contribution in [3.05, 3.63) is 41.6 Å². The topological polar surface area (TPSA) is 89.4 Å². The summed E-state index contributed by atoms with van der Waals surface area (Å²) in [5.74, 6) is 0.814. The first-order valence-corrected chi connectivity index (χ1v) is 7.70. The third kappa shape index (κ3) is 2.94. The molecule has 0 aliphatic carbocycles. The first-order chi connectivity index (χ1) is 11.6. The van der Waals surface area contributed by atoms with E-state index >= 15 is 0 Å². The zero-order valence-electron chi connectivity index (χ0n) is 13.7. The van der Waals surface area contributed by atoms with Crippen molar-refractivity contribution >= 4 is 11.8 Å². The Morgan fingerprint density at radius 3 is 2.88 bits per heavy atom. The average Bonchev–Trinajstić information content (AvgIpc) is 2.93. The van der Waals surface area contributed by atoms with Gasteiger partial charge in [0.15, 0.2) is 0 Å². The lowest BCUT2D eigenvalue weighted by atomic mass is 10.2. The lowest BCUT2D eigenvalue weighted by Crippen LogP contribution is -2.34. The SMILES string of the molecule is CNC(=O)c1cn2c(n1)CCN(C(=O)c1cccnc1OC)CC2. The molecule has 2 aromatic heterocycles. The van der Waals surface area contributed by atoms with Gasteiger partial charge in [0, 0.05) is 45.5 Å². The Hall–Kier alpha value is -2.90. The summed E-state index contributed by atoms with van der Waals surface area (Å²) < 4.78 is 7.10. The number of carbonyl (C=O) groups excluding carboxylic acids is 2. The molecule has 126 valence electrons. The molecule has 0 spiro atoms. The predicted octanol–water partition coefficient (Wildman–Crippen LogP) is 0.345. The van der Waals surface area contributed by atoms with E-state index in [2.05, 4.69) is 15.3 Å². The normalized spacial score (nSPS) is 13.8. The standard InChI is InChI=1S/C16H19N5O3/c1-17-14(22)12-10-21-9-8-20(7-5-13(21)19-12)16(23)11-4-3-6-18-15(11)24-2/h3-4,6,10H,5,7-9H2,1-2H3,(H,17,22). The first kappa shape index (κ1) is 16.0. The van der Waals surface area contributed by atoms with E-state index in [0.717, 1.165) is 5.82 Å². The van der Waals surface area contributed by atoms with E-state index < -0.39 is 0 Å². The van der Waals surface area contributed by atoms with Gasteiger partial charge in [0.05, 0.1) is 7.11 Å². The van der Waals surface area contributed by atoms with Crippen molar-refractivity contribution in [2.75, 3.05) is 27.2 Å². The van der Waals surface area contributed by atoms with Crippen LogP contribution in [-0.2, 0) is 13.0 Å². The number of nitrogens with zero attached hydrogens (tertiary/aromatic N) is 4. The summed E-state index contributed by atoms with van der Waals surface area (Å²) in [4.78, 5) is 34.6. The number of nitrogens with one attached hydrogen (secondary N) is 1. The van der Waals surface area contributed by atoms with E-state index in [1.165, 1.54) is 7.11 Å². The first-order valence-electron chi connectivity index (χ1n) is 7.70. The van der Waals surface area contributed by atoms with Gasteiger partial charge in [-0.15, -0.1) is 0 Å². The molecule has 24 heavy (non-hydrogen) atoms. The fraction of sp³-hybridized carbons (Fsp3) is 0.375. The Labute approximate surface area is 139 Å². The summed E-state index contributed by atoms with van der Waals surface area (Å²) in [7, 11) is 3.08. The smallest absolute Gasteiger partial charge is 0.271 e. The van der Waals surface area contributed by atoms with Crippen molar-refractivity contribution < 1.29 is 14.3 Å². The van der Waals surface area contributed by atoms with Crippen LogP contribution in [0.1, 0.15) is 26.7 Å². The number of methoxy groups -OCH3 is 1. The molecule has 1 aliphatic heterocycles. The van der Waals surface area contributed by atoms with Gasteiger partial charge in [-0.25, -0.2) is 9.97 Å². The molecule has 0 aromatic carbocycles. The van der Waals surface area contributed by atoms with Crippen LogP contribution in [0.15, 0.2) is 24.5 Å². The summed E-state index contributed by atoms with van der Waals surface area (Å²) in [6, 6.07) is 3.43. The Balaban J connectivity index is 1.76. The van der Waals surface area contributed by atoms with Gasteiger partial charge >= 0.3 is 0 Å². The van der Waals surface area contributed by atoms with Crippen LogP contribution in [0, 0.1) is 0 Å². The van der Waals surface area contributed by atoms with Gasteiger partial charge in [0.1, 0.15) is 17.1 Å². The number of aromatic nitrogens is 3. The Morgan fingerprint density at radius 2 is 2.12 bits per heavy atom.